The predicted octanol–water partition coefficient (Wildman–Crippen LogP) is 2.19. The van der Waals surface area contributed by atoms with E-state index in [1.165, 1.54) is 0 Å². The zero-order chi connectivity index (χ0) is 11.5. The lowest BCUT2D eigenvalue weighted by Gasteiger charge is -1.99. The molecule has 0 radical (unpaired) electrons. The second-order valence-corrected chi connectivity index (χ2v) is 3.53. The van der Waals surface area contributed by atoms with Gasteiger partial charge in [0.25, 0.3) is 0 Å². The van der Waals surface area contributed by atoms with E-state index in [9.17, 15) is 0 Å². The van der Waals surface area contributed by atoms with Crippen molar-refractivity contribution in [2.75, 3.05) is 0 Å². The van der Waals surface area contributed by atoms with E-state index >= 15 is 0 Å². The Morgan fingerprint density at radius 3 is 2.88 bits per heavy atom. The maximum Gasteiger partial charge on any atom is 0.167 e. The summed E-state index contributed by atoms with van der Waals surface area (Å²) in [4.78, 5) is 0. The summed E-state index contributed by atoms with van der Waals surface area (Å²) in [6.07, 6.45) is 0.843. The first kappa shape index (κ1) is 10.4. The molecular formula is C12H13N3O. The lowest BCUT2D eigenvalue weighted by molar-refractivity contribution is 0.424. The molecule has 0 amide bonds. The average Bonchev–Trinajstić information content (AvgIpc) is 2.77. The van der Waals surface area contributed by atoms with Crippen LogP contribution in [0.4, 0.5) is 0 Å². The van der Waals surface area contributed by atoms with Crippen LogP contribution in [-0.2, 0) is 6.42 Å². The molecular weight excluding hydrogens is 202 g/mol. The highest BCUT2D eigenvalue weighted by Crippen LogP contribution is 2.21. The summed E-state index contributed by atoms with van der Waals surface area (Å²) >= 11 is 0. The van der Waals surface area contributed by atoms with Gasteiger partial charge in [0.2, 0.25) is 0 Å². The normalized spacial score (nSPS) is 10.3. The van der Waals surface area contributed by atoms with Gasteiger partial charge in [-0.3, -0.25) is 5.41 Å². The van der Waals surface area contributed by atoms with Crippen molar-refractivity contribution >= 4 is 5.84 Å². The Labute approximate surface area is 93.6 Å². The van der Waals surface area contributed by atoms with Gasteiger partial charge in [-0.05, 0) is 12.5 Å². The molecule has 4 nitrogen and oxygen atoms in total. The Bertz CT molecular complexity index is 516. The van der Waals surface area contributed by atoms with Gasteiger partial charge in [-0.2, -0.15) is 0 Å². The Balaban J connectivity index is 2.40. The predicted molar refractivity (Wildman–Crippen MR) is 62.3 cm³/mol. The SMILES string of the molecule is CCc1cc(-c2cccc(C(=N)N)c2)on1. The van der Waals surface area contributed by atoms with Crippen molar-refractivity contribution in [2.24, 2.45) is 5.73 Å². The van der Waals surface area contributed by atoms with Crippen LogP contribution in [0.3, 0.4) is 0 Å². The first-order valence-electron chi connectivity index (χ1n) is 5.11. The lowest BCUT2D eigenvalue weighted by Crippen LogP contribution is -2.10. The van der Waals surface area contributed by atoms with E-state index in [0.717, 1.165) is 17.7 Å². The minimum absolute atomic E-state index is 0.0529. The summed E-state index contributed by atoms with van der Waals surface area (Å²) in [6, 6.07) is 9.27. The molecule has 0 aliphatic carbocycles. The number of benzene rings is 1. The Morgan fingerprint density at radius 2 is 2.25 bits per heavy atom. The van der Waals surface area contributed by atoms with Crippen molar-refractivity contribution < 1.29 is 4.52 Å². The molecule has 3 N–H and O–H groups in total. The van der Waals surface area contributed by atoms with E-state index in [1.807, 2.05) is 31.2 Å². The third-order valence-corrected chi connectivity index (χ3v) is 2.38. The van der Waals surface area contributed by atoms with Gasteiger partial charge in [0.1, 0.15) is 5.84 Å². The number of nitrogens with two attached hydrogens (primary N) is 1. The van der Waals surface area contributed by atoms with Crippen molar-refractivity contribution in [1.29, 1.82) is 5.41 Å². The molecule has 2 aromatic rings. The van der Waals surface area contributed by atoms with Gasteiger partial charge in [-0.1, -0.05) is 30.3 Å². The summed E-state index contributed by atoms with van der Waals surface area (Å²) in [5.41, 5.74) is 7.92. The number of nitrogens with zero attached hydrogens (tertiary/aromatic N) is 1. The number of aromatic nitrogens is 1. The topological polar surface area (TPSA) is 75.9 Å². The zero-order valence-corrected chi connectivity index (χ0v) is 9.03. The first-order chi connectivity index (χ1) is 7.70. The quantitative estimate of drug-likeness (QED) is 0.608. The Morgan fingerprint density at radius 1 is 1.44 bits per heavy atom. The molecule has 1 aromatic carbocycles. The molecule has 0 saturated heterocycles. The van der Waals surface area contributed by atoms with E-state index in [0.29, 0.717) is 11.3 Å². The molecule has 0 unspecified atom stereocenters. The number of amidine groups is 1. The van der Waals surface area contributed by atoms with E-state index in [-0.39, 0.29) is 5.84 Å². The minimum Gasteiger partial charge on any atom is -0.384 e. The van der Waals surface area contributed by atoms with Crippen molar-refractivity contribution in [2.45, 2.75) is 13.3 Å². The van der Waals surface area contributed by atoms with E-state index in [2.05, 4.69) is 5.16 Å². The smallest absolute Gasteiger partial charge is 0.167 e. The van der Waals surface area contributed by atoms with Crippen molar-refractivity contribution in [3.05, 3.63) is 41.6 Å². The van der Waals surface area contributed by atoms with Gasteiger partial charge in [-0.15, -0.1) is 0 Å². The summed E-state index contributed by atoms with van der Waals surface area (Å²) < 4.78 is 5.22. The van der Waals surface area contributed by atoms with Crippen molar-refractivity contribution in [3.63, 3.8) is 0 Å². The van der Waals surface area contributed by atoms with Crippen LogP contribution in [-0.4, -0.2) is 11.0 Å². The molecule has 16 heavy (non-hydrogen) atoms. The molecule has 2 rings (SSSR count). The fourth-order valence-corrected chi connectivity index (χ4v) is 1.45. The van der Waals surface area contributed by atoms with Crippen LogP contribution < -0.4 is 5.73 Å². The number of rotatable bonds is 3. The van der Waals surface area contributed by atoms with E-state index in [1.54, 1.807) is 6.07 Å². The van der Waals surface area contributed by atoms with Crippen LogP contribution in [0.25, 0.3) is 11.3 Å². The summed E-state index contributed by atoms with van der Waals surface area (Å²) in [7, 11) is 0. The number of nitrogens with one attached hydrogen (secondary N) is 1. The molecule has 0 aliphatic heterocycles. The van der Waals surface area contributed by atoms with Gasteiger partial charge in [0.05, 0.1) is 5.69 Å². The molecule has 0 bridgehead atoms. The number of hydrogen-bond acceptors (Lipinski definition) is 3. The van der Waals surface area contributed by atoms with Gasteiger partial charge in [-0.25, -0.2) is 0 Å². The maximum atomic E-state index is 7.37. The summed E-state index contributed by atoms with van der Waals surface area (Å²) in [5, 5.41) is 11.3. The number of aryl methyl sites for hydroxylation is 1. The maximum absolute atomic E-state index is 7.37. The molecule has 0 saturated carbocycles. The van der Waals surface area contributed by atoms with E-state index < -0.39 is 0 Å². The monoisotopic (exact) mass is 215 g/mol. The van der Waals surface area contributed by atoms with Crippen molar-refractivity contribution in [3.8, 4) is 11.3 Å². The second-order valence-electron chi connectivity index (χ2n) is 3.53. The highest BCUT2D eigenvalue weighted by molar-refractivity contribution is 5.95. The molecule has 1 aromatic heterocycles. The number of nitrogen functional groups attached to an aromatic ring is 1. The standard InChI is InChI=1S/C12H13N3O/c1-2-10-7-11(16-15-10)8-4-3-5-9(6-8)12(13)14/h3-7H,2H2,1H3,(H3,13,14). The molecule has 82 valence electrons. The fraction of sp³-hybridized carbons (Fsp3) is 0.167. The summed E-state index contributed by atoms with van der Waals surface area (Å²) in [6.45, 7) is 2.02. The summed E-state index contributed by atoms with van der Waals surface area (Å²) in [5.74, 6) is 0.761. The van der Waals surface area contributed by atoms with Crippen LogP contribution in [0.2, 0.25) is 0 Å². The van der Waals surface area contributed by atoms with Crippen LogP contribution in [0.15, 0.2) is 34.9 Å². The minimum atomic E-state index is 0.0529. The molecule has 0 fully saturated rings. The van der Waals surface area contributed by atoms with Gasteiger partial charge >= 0.3 is 0 Å². The molecule has 0 aliphatic rings. The van der Waals surface area contributed by atoms with Gasteiger partial charge in [0.15, 0.2) is 5.76 Å². The average molecular weight is 215 g/mol. The molecule has 0 spiro atoms. The zero-order valence-electron chi connectivity index (χ0n) is 9.03. The largest absolute Gasteiger partial charge is 0.384 e. The third kappa shape index (κ3) is 1.95. The lowest BCUT2D eigenvalue weighted by atomic mass is 10.1. The van der Waals surface area contributed by atoms with Crippen LogP contribution >= 0.6 is 0 Å². The Hall–Kier alpha value is -2.10. The van der Waals surface area contributed by atoms with Crippen LogP contribution in [0.1, 0.15) is 18.2 Å². The molecule has 1 heterocycles. The highest BCUT2D eigenvalue weighted by Gasteiger charge is 2.06. The van der Waals surface area contributed by atoms with Gasteiger partial charge in [0, 0.05) is 17.2 Å². The Kier molecular flexibility index (Phi) is 2.72. The number of hydrogen-bond donors (Lipinski definition) is 2. The van der Waals surface area contributed by atoms with Crippen LogP contribution in [0, 0.1) is 5.41 Å². The van der Waals surface area contributed by atoms with Gasteiger partial charge < -0.3 is 10.3 Å². The molecule has 4 heteroatoms. The van der Waals surface area contributed by atoms with Crippen LogP contribution in [0.5, 0.6) is 0 Å². The first-order valence-corrected chi connectivity index (χ1v) is 5.11. The fourth-order valence-electron chi connectivity index (χ4n) is 1.45. The second kappa shape index (κ2) is 4.18. The van der Waals surface area contributed by atoms with Crippen molar-refractivity contribution in [1.82, 2.24) is 5.16 Å². The highest BCUT2D eigenvalue weighted by atomic mass is 16.5. The van der Waals surface area contributed by atoms with E-state index in [4.69, 9.17) is 15.7 Å². The molecule has 0 atom stereocenters. The third-order valence-electron chi connectivity index (χ3n) is 2.38.